The van der Waals surface area contributed by atoms with E-state index < -0.39 is 0 Å². The number of hydrogen-bond donors (Lipinski definition) is 1. The van der Waals surface area contributed by atoms with Crippen molar-refractivity contribution >= 4 is 21.7 Å². The summed E-state index contributed by atoms with van der Waals surface area (Å²) in [5, 5.41) is 4.22. The third kappa shape index (κ3) is 5.07. The first-order chi connectivity index (χ1) is 8.74. The van der Waals surface area contributed by atoms with Crippen LogP contribution in [0.15, 0.2) is 10.7 Å². The Bertz CT molecular complexity index is 434. The van der Waals surface area contributed by atoms with Crippen molar-refractivity contribution in [2.75, 3.05) is 0 Å². The number of halogens is 1. The summed E-state index contributed by atoms with van der Waals surface area (Å²) in [5.74, 6) is 0.0644. The number of carbonyl (C=O) groups excluding carboxylic acids is 1. The van der Waals surface area contributed by atoms with Crippen LogP contribution in [0.1, 0.15) is 57.4 Å². The Balaban J connectivity index is 2.75. The average Bonchev–Trinajstić information content (AvgIpc) is 2.57. The van der Waals surface area contributed by atoms with Gasteiger partial charge >= 0.3 is 0 Å². The predicted octanol–water partition coefficient (Wildman–Crippen LogP) is 3.39. The Morgan fingerprint density at radius 1 is 1.53 bits per heavy atom. The van der Waals surface area contributed by atoms with Crippen LogP contribution in [0.3, 0.4) is 0 Å². The fraction of sp³-hybridized carbons (Fsp3) is 0.714. The summed E-state index contributed by atoms with van der Waals surface area (Å²) >= 11 is 3.39. The number of rotatable bonds is 6. The molecule has 0 bridgehead atoms. The highest BCUT2D eigenvalue weighted by molar-refractivity contribution is 9.10. The lowest BCUT2D eigenvalue weighted by molar-refractivity contribution is 0.0956. The van der Waals surface area contributed by atoms with Crippen LogP contribution in [-0.2, 0) is 6.54 Å². The quantitative estimate of drug-likeness (QED) is 0.813. The smallest absolute Gasteiger partial charge is 0.183 e. The molecule has 1 aromatic rings. The Labute approximate surface area is 123 Å². The van der Waals surface area contributed by atoms with Crippen LogP contribution in [0.5, 0.6) is 0 Å². The highest BCUT2D eigenvalue weighted by atomic mass is 79.9. The monoisotopic (exact) mass is 329 g/mol. The molecule has 4 nitrogen and oxygen atoms in total. The molecular weight excluding hydrogens is 306 g/mol. The number of nitrogens with two attached hydrogens (primary N) is 1. The summed E-state index contributed by atoms with van der Waals surface area (Å²) in [4.78, 5) is 12.3. The maximum Gasteiger partial charge on any atom is 0.183 e. The van der Waals surface area contributed by atoms with Gasteiger partial charge in [-0.1, -0.05) is 27.7 Å². The summed E-state index contributed by atoms with van der Waals surface area (Å²) in [6, 6.07) is -0.107. The number of ketones is 1. The summed E-state index contributed by atoms with van der Waals surface area (Å²) < 4.78 is 2.52. The van der Waals surface area contributed by atoms with E-state index in [1.807, 2.05) is 0 Å². The van der Waals surface area contributed by atoms with Gasteiger partial charge in [-0.05, 0) is 34.2 Å². The van der Waals surface area contributed by atoms with Crippen LogP contribution in [0.4, 0.5) is 0 Å². The average molecular weight is 330 g/mol. The zero-order valence-corrected chi connectivity index (χ0v) is 13.8. The number of aromatic nitrogens is 2. The van der Waals surface area contributed by atoms with E-state index in [9.17, 15) is 4.79 Å². The molecule has 0 saturated carbocycles. The number of aryl methyl sites for hydroxylation is 1. The second-order valence-electron chi connectivity index (χ2n) is 6.22. The van der Waals surface area contributed by atoms with Gasteiger partial charge < -0.3 is 5.73 Å². The number of nitrogens with zero attached hydrogens (tertiary/aromatic N) is 2. The van der Waals surface area contributed by atoms with E-state index in [1.165, 1.54) is 0 Å². The van der Waals surface area contributed by atoms with E-state index in [1.54, 1.807) is 10.9 Å². The van der Waals surface area contributed by atoms with Gasteiger partial charge in [0.05, 0.1) is 10.7 Å². The minimum atomic E-state index is -0.107. The van der Waals surface area contributed by atoms with E-state index in [-0.39, 0.29) is 17.2 Å². The Morgan fingerprint density at radius 3 is 2.68 bits per heavy atom. The van der Waals surface area contributed by atoms with Gasteiger partial charge in [0, 0.05) is 19.0 Å². The lowest BCUT2D eigenvalue weighted by atomic mass is 9.86. The summed E-state index contributed by atoms with van der Waals surface area (Å²) in [6.45, 7) is 9.22. The van der Waals surface area contributed by atoms with E-state index in [4.69, 9.17) is 5.73 Å². The normalized spacial score (nSPS) is 13.6. The third-order valence-corrected chi connectivity index (χ3v) is 3.40. The van der Waals surface area contributed by atoms with Crippen molar-refractivity contribution < 1.29 is 4.79 Å². The molecule has 0 aliphatic heterocycles. The molecule has 0 aliphatic rings. The van der Waals surface area contributed by atoms with Gasteiger partial charge in [0.1, 0.15) is 5.69 Å². The highest BCUT2D eigenvalue weighted by Gasteiger charge is 2.22. The molecule has 0 aromatic carbocycles. The molecule has 1 aromatic heterocycles. The third-order valence-electron chi connectivity index (χ3n) is 2.82. The van der Waals surface area contributed by atoms with E-state index in [0.29, 0.717) is 12.1 Å². The second kappa shape index (κ2) is 6.66. The summed E-state index contributed by atoms with van der Waals surface area (Å²) in [7, 11) is 0. The van der Waals surface area contributed by atoms with Gasteiger partial charge in [0.25, 0.3) is 0 Å². The molecule has 0 amide bonds. The zero-order valence-electron chi connectivity index (χ0n) is 12.2. The first-order valence-corrected chi connectivity index (χ1v) is 7.54. The SMILES string of the molecule is CCCn1ncc(Br)c1C(=O)CC(N)CC(C)(C)C. The molecule has 2 N–H and O–H groups in total. The molecule has 0 saturated heterocycles. The second-order valence-corrected chi connectivity index (χ2v) is 7.07. The number of hydrogen-bond acceptors (Lipinski definition) is 3. The van der Waals surface area contributed by atoms with Crippen molar-refractivity contribution in [3.05, 3.63) is 16.4 Å². The Morgan fingerprint density at radius 2 is 2.16 bits per heavy atom. The zero-order chi connectivity index (χ0) is 14.6. The van der Waals surface area contributed by atoms with Gasteiger partial charge in [-0.25, -0.2) is 0 Å². The minimum absolute atomic E-state index is 0.0644. The molecule has 1 rings (SSSR count). The molecule has 0 spiro atoms. The molecule has 1 heterocycles. The van der Waals surface area contributed by atoms with Gasteiger partial charge in [-0.15, -0.1) is 0 Å². The summed E-state index contributed by atoms with van der Waals surface area (Å²) in [6.07, 6.45) is 3.82. The van der Waals surface area contributed by atoms with Crippen LogP contribution in [0.25, 0.3) is 0 Å². The largest absolute Gasteiger partial charge is 0.327 e. The van der Waals surface area contributed by atoms with Crippen LogP contribution < -0.4 is 5.73 Å². The molecule has 0 radical (unpaired) electrons. The molecule has 0 aliphatic carbocycles. The highest BCUT2D eigenvalue weighted by Crippen LogP contribution is 2.23. The molecule has 5 heteroatoms. The fourth-order valence-corrected chi connectivity index (χ4v) is 2.73. The Hall–Kier alpha value is -0.680. The first kappa shape index (κ1) is 16.4. The maximum atomic E-state index is 12.3. The maximum absolute atomic E-state index is 12.3. The van der Waals surface area contributed by atoms with Crippen LogP contribution in [0.2, 0.25) is 0 Å². The van der Waals surface area contributed by atoms with Crippen LogP contribution >= 0.6 is 15.9 Å². The number of carbonyl (C=O) groups is 1. The van der Waals surface area contributed by atoms with Gasteiger partial charge in [-0.3, -0.25) is 9.48 Å². The van der Waals surface area contributed by atoms with Crippen molar-refractivity contribution in [1.82, 2.24) is 9.78 Å². The van der Waals surface area contributed by atoms with Crippen molar-refractivity contribution in [3.8, 4) is 0 Å². The van der Waals surface area contributed by atoms with E-state index in [0.717, 1.165) is 23.9 Å². The van der Waals surface area contributed by atoms with Gasteiger partial charge in [0.2, 0.25) is 0 Å². The van der Waals surface area contributed by atoms with Crippen molar-refractivity contribution in [2.24, 2.45) is 11.1 Å². The van der Waals surface area contributed by atoms with Crippen LogP contribution in [-0.4, -0.2) is 21.6 Å². The number of Topliss-reactive ketones (excluding diaryl/α,β-unsaturated/α-hetero) is 1. The van der Waals surface area contributed by atoms with E-state index in [2.05, 4.69) is 48.7 Å². The van der Waals surface area contributed by atoms with Gasteiger partial charge in [0.15, 0.2) is 5.78 Å². The molecular formula is C14H24BrN3O. The molecule has 19 heavy (non-hydrogen) atoms. The minimum Gasteiger partial charge on any atom is -0.327 e. The van der Waals surface area contributed by atoms with Gasteiger partial charge in [-0.2, -0.15) is 5.10 Å². The molecule has 1 unspecified atom stereocenters. The molecule has 108 valence electrons. The van der Waals surface area contributed by atoms with Crippen LogP contribution in [0, 0.1) is 5.41 Å². The summed E-state index contributed by atoms with van der Waals surface area (Å²) in [5.41, 5.74) is 6.86. The van der Waals surface area contributed by atoms with Crippen molar-refractivity contribution in [3.63, 3.8) is 0 Å². The van der Waals surface area contributed by atoms with Crippen molar-refractivity contribution in [2.45, 2.75) is 59.5 Å². The standard InChI is InChI=1S/C14H24BrN3O/c1-5-6-18-13(11(15)9-17-18)12(19)7-10(16)8-14(2,3)4/h9-10H,5-8,16H2,1-4H3. The molecule has 0 fully saturated rings. The fourth-order valence-electron chi connectivity index (χ4n) is 2.21. The van der Waals surface area contributed by atoms with E-state index >= 15 is 0 Å². The lowest BCUT2D eigenvalue weighted by Crippen LogP contribution is -2.29. The topological polar surface area (TPSA) is 60.9 Å². The molecule has 1 atom stereocenters. The first-order valence-electron chi connectivity index (χ1n) is 6.74. The Kier molecular flexibility index (Phi) is 5.74. The van der Waals surface area contributed by atoms with Crippen molar-refractivity contribution in [1.29, 1.82) is 0 Å². The lowest BCUT2D eigenvalue weighted by Gasteiger charge is -2.22. The predicted molar refractivity (Wildman–Crippen MR) is 81.2 cm³/mol.